The lowest BCUT2D eigenvalue weighted by Crippen LogP contribution is -2.48. The summed E-state index contributed by atoms with van der Waals surface area (Å²) in [4.78, 5) is 40.5. The van der Waals surface area contributed by atoms with Gasteiger partial charge < -0.3 is 14.4 Å². The molecule has 8 nitrogen and oxygen atoms in total. The Morgan fingerprint density at radius 1 is 0.625 bits per heavy atom. The van der Waals surface area contributed by atoms with Crippen LogP contribution >= 0.6 is 0 Å². The van der Waals surface area contributed by atoms with Gasteiger partial charge >= 0.3 is 11.9 Å². The van der Waals surface area contributed by atoms with E-state index < -0.39 is 45.6 Å². The van der Waals surface area contributed by atoms with Gasteiger partial charge in [-0.15, -0.1) is 0 Å². The lowest BCUT2D eigenvalue weighted by molar-refractivity contribution is 0.0314. The molecule has 1 aliphatic rings. The van der Waals surface area contributed by atoms with Crippen molar-refractivity contribution < 1.29 is 32.3 Å². The molecule has 9 heteroatoms. The number of hydrogen-bond acceptors (Lipinski definition) is 7. The van der Waals surface area contributed by atoms with Gasteiger partial charge in [0.15, 0.2) is 9.84 Å². The molecule has 1 heterocycles. The maximum Gasteiger partial charge on any atom is 0.343 e. The Morgan fingerprint density at radius 2 is 1.12 bits per heavy atom. The van der Waals surface area contributed by atoms with E-state index in [1.807, 2.05) is 0 Å². The second kappa shape index (κ2) is 11.5. The molecule has 0 saturated carbocycles. The number of amides is 1. The van der Waals surface area contributed by atoms with Crippen molar-refractivity contribution in [2.24, 2.45) is 0 Å². The Hall–Kier alpha value is -4.76. The first-order chi connectivity index (χ1) is 19.3. The van der Waals surface area contributed by atoms with Crippen molar-refractivity contribution >= 4 is 33.4 Å². The normalized spacial score (nSPS) is 17.5. The number of rotatable bonds is 7. The van der Waals surface area contributed by atoms with Gasteiger partial charge in [0.2, 0.25) is 0 Å². The first-order valence-corrected chi connectivity index (χ1v) is 14.4. The molecule has 5 rings (SSSR count). The highest BCUT2D eigenvalue weighted by Gasteiger charge is 2.46. The third kappa shape index (κ3) is 6.10. The van der Waals surface area contributed by atoms with E-state index in [0.717, 1.165) is 0 Å². The van der Waals surface area contributed by atoms with Crippen LogP contribution in [0, 0.1) is 0 Å². The molecule has 1 amide bonds. The van der Waals surface area contributed by atoms with Crippen LogP contribution in [0.25, 0.3) is 0 Å². The summed E-state index contributed by atoms with van der Waals surface area (Å²) in [6.07, 6.45) is -1.10. The molecule has 1 fully saturated rings. The van der Waals surface area contributed by atoms with Crippen molar-refractivity contribution in [3.8, 4) is 5.75 Å². The van der Waals surface area contributed by atoms with Crippen LogP contribution < -0.4 is 9.64 Å². The second-order valence-electron chi connectivity index (χ2n) is 9.24. The minimum Gasteiger partial charge on any atom is -0.455 e. The molecule has 2 atom stereocenters. The highest BCUT2D eigenvalue weighted by Crippen LogP contribution is 2.30. The van der Waals surface area contributed by atoms with E-state index in [4.69, 9.17) is 9.47 Å². The highest BCUT2D eigenvalue weighted by atomic mass is 32.2. The van der Waals surface area contributed by atoms with Crippen molar-refractivity contribution in [2.75, 3.05) is 16.4 Å². The van der Waals surface area contributed by atoms with Crippen molar-refractivity contribution in [1.82, 2.24) is 0 Å². The molecule has 0 aliphatic carbocycles. The zero-order chi connectivity index (χ0) is 28.1. The molecule has 1 saturated heterocycles. The predicted molar refractivity (Wildman–Crippen MR) is 149 cm³/mol. The van der Waals surface area contributed by atoms with E-state index in [9.17, 15) is 22.8 Å². The zero-order valence-corrected chi connectivity index (χ0v) is 22.1. The topological polar surface area (TPSA) is 107 Å². The zero-order valence-electron chi connectivity index (χ0n) is 21.3. The lowest BCUT2D eigenvalue weighted by Gasteiger charge is -2.32. The molecule has 0 N–H and O–H groups in total. The summed E-state index contributed by atoms with van der Waals surface area (Å²) in [5.41, 5.74) is 1.35. The summed E-state index contributed by atoms with van der Waals surface area (Å²) in [7, 11) is -3.64. The van der Waals surface area contributed by atoms with Gasteiger partial charge in [-0.3, -0.25) is 4.79 Å². The maximum atomic E-state index is 13.8. The quantitative estimate of drug-likeness (QED) is 0.243. The highest BCUT2D eigenvalue weighted by molar-refractivity contribution is 7.91. The second-order valence-corrected chi connectivity index (χ2v) is 11.4. The Bertz CT molecular complexity index is 1610. The van der Waals surface area contributed by atoms with Crippen LogP contribution in [-0.2, 0) is 14.6 Å². The van der Waals surface area contributed by atoms with Crippen molar-refractivity contribution in [3.63, 3.8) is 0 Å². The molecule has 4 aromatic carbocycles. The monoisotopic (exact) mass is 555 g/mol. The predicted octanol–water partition coefficient (Wildman–Crippen LogP) is 4.58. The van der Waals surface area contributed by atoms with Gasteiger partial charge in [-0.05, 0) is 60.7 Å². The van der Waals surface area contributed by atoms with Crippen LogP contribution in [0.3, 0.4) is 0 Å². The largest absolute Gasteiger partial charge is 0.455 e. The Kier molecular flexibility index (Phi) is 7.75. The van der Waals surface area contributed by atoms with Gasteiger partial charge in [0, 0.05) is 11.3 Å². The number of carbonyl (C=O) groups excluding carboxylic acids is 3. The van der Waals surface area contributed by atoms with Crippen molar-refractivity contribution in [1.29, 1.82) is 0 Å². The molecular weight excluding hydrogens is 530 g/mol. The van der Waals surface area contributed by atoms with Gasteiger partial charge in [0.1, 0.15) is 11.9 Å². The number of sulfone groups is 1. The Morgan fingerprint density at radius 3 is 1.68 bits per heavy atom. The molecule has 0 spiro atoms. The number of carbonyl (C=O) groups is 3. The molecule has 4 aromatic rings. The van der Waals surface area contributed by atoms with E-state index in [1.54, 1.807) is 103 Å². The molecule has 202 valence electrons. The summed E-state index contributed by atoms with van der Waals surface area (Å²) in [6.45, 7) is 0. The molecule has 40 heavy (non-hydrogen) atoms. The van der Waals surface area contributed by atoms with Crippen LogP contribution in [0.2, 0.25) is 0 Å². The summed E-state index contributed by atoms with van der Waals surface area (Å²) >= 11 is 0. The molecular formula is C31H25NO7S. The standard InChI is InChI=1S/C31H25NO7S/c33-29(22-10-4-1-5-11-22)32(25-16-18-26(19-17-25)38-30(34)23-12-6-2-7-13-23)27-20-40(36,37)21-28(27)39-31(35)24-14-8-3-9-15-24/h1-19,27-28H,20-21H2. The van der Waals surface area contributed by atoms with Gasteiger partial charge in [-0.1, -0.05) is 54.6 Å². The number of anilines is 1. The van der Waals surface area contributed by atoms with Gasteiger partial charge in [0.05, 0.1) is 28.7 Å². The minimum atomic E-state index is -3.64. The minimum absolute atomic E-state index is 0.246. The van der Waals surface area contributed by atoms with Crippen LogP contribution in [-0.4, -0.2) is 49.9 Å². The summed E-state index contributed by atoms with van der Waals surface area (Å²) in [5, 5.41) is 0. The van der Waals surface area contributed by atoms with E-state index in [-0.39, 0.29) is 17.1 Å². The number of ether oxygens (including phenoxy) is 2. The molecule has 1 aliphatic heterocycles. The van der Waals surface area contributed by atoms with E-state index >= 15 is 0 Å². The lowest BCUT2D eigenvalue weighted by atomic mass is 10.1. The van der Waals surface area contributed by atoms with E-state index in [2.05, 4.69) is 0 Å². The van der Waals surface area contributed by atoms with Gasteiger partial charge in [-0.2, -0.15) is 0 Å². The summed E-state index contributed by atoms with van der Waals surface area (Å²) in [6, 6.07) is 30.4. The van der Waals surface area contributed by atoms with Crippen molar-refractivity contribution in [3.05, 3.63) is 132 Å². The smallest absolute Gasteiger partial charge is 0.343 e. The summed E-state index contributed by atoms with van der Waals surface area (Å²) in [5.74, 6) is -2.23. The van der Waals surface area contributed by atoms with E-state index in [1.165, 1.54) is 17.0 Å². The Balaban J connectivity index is 1.46. The Labute approximate surface area is 231 Å². The first kappa shape index (κ1) is 26.8. The fourth-order valence-corrected chi connectivity index (χ4v) is 6.34. The van der Waals surface area contributed by atoms with Crippen LogP contribution in [0.5, 0.6) is 5.75 Å². The SMILES string of the molecule is O=C(Oc1ccc(N(C(=O)c2ccccc2)C2CS(=O)(=O)CC2OC(=O)c2ccccc2)cc1)c1ccccc1. The third-order valence-corrected chi connectivity index (χ3v) is 8.13. The average molecular weight is 556 g/mol. The van der Waals surface area contributed by atoms with Gasteiger partial charge in [0.25, 0.3) is 5.91 Å². The molecule has 2 unspecified atom stereocenters. The number of benzene rings is 4. The van der Waals surface area contributed by atoms with Crippen LogP contribution in [0.4, 0.5) is 5.69 Å². The van der Waals surface area contributed by atoms with E-state index in [0.29, 0.717) is 16.8 Å². The maximum absolute atomic E-state index is 13.8. The third-order valence-electron chi connectivity index (χ3n) is 6.45. The fraction of sp³-hybridized carbons (Fsp3) is 0.129. The number of esters is 2. The first-order valence-electron chi connectivity index (χ1n) is 12.5. The fourth-order valence-electron chi connectivity index (χ4n) is 4.52. The number of nitrogens with zero attached hydrogens (tertiary/aromatic N) is 1. The van der Waals surface area contributed by atoms with Crippen LogP contribution in [0.15, 0.2) is 115 Å². The van der Waals surface area contributed by atoms with Gasteiger partial charge in [-0.25, -0.2) is 18.0 Å². The molecule has 0 aromatic heterocycles. The number of hydrogen-bond donors (Lipinski definition) is 0. The molecule has 0 bridgehead atoms. The summed E-state index contributed by atoms with van der Waals surface area (Å²) < 4.78 is 36.7. The molecule has 0 radical (unpaired) electrons. The van der Waals surface area contributed by atoms with Crippen molar-refractivity contribution in [2.45, 2.75) is 12.1 Å². The van der Waals surface area contributed by atoms with Crippen LogP contribution in [0.1, 0.15) is 31.1 Å². The average Bonchev–Trinajstić information content (AvgIpc) is 3.28.